The molecule has 1 aromatic heterocycles. The lowest BCUT2D eigenvalue weighted by molar-refractivity contribution is -0.131. The molecule has 3 heterocycles. The van der Waals surface area contributed by atoms with Gasteiger partial charge >= 0.3 is 6.03 Å². The Balaban J connectivity index is 1.28. The van der Waals surface area contributed by atoms with Gasteiger partial charge in [-0.05, 0) is 63.1 Å². The molecule has 1 aliphatic carbocycles. The van der Waals surface area contributed by atoms with Crippen LogP contribution < -0.4 is 27.0 Å². The van der Waals surface area contributed by atoms with Crippen molar-refractivity contribution < 1.29 is 24.2 Å². The van der Waals surface area contributed by atoms with Crippen LogP contribution in [0.4, 0.5) is 4.79 Å². The van der Waals surface area contributed by atoms with Crippen LogP contribution >= 0.6 is 0 Å². The summed E-state index contributed by atoms with van der Waals surface area (Å²) in [5, 5.41) is 23.8. The lowest BCUT2D eigenvalue weighted by atomic mass is 9.83. The van der Waals surface area contributed by atoms with E-state index in [0.717, 1.165) is 57.2 Å². The number of aliphatic hydroxyl groups is 1. The number of nitrogens with two attached hydrogens (primary N) is 1. The van der Waals surface area contributed by atoms with Crippen molar-refractivity contribution >= 4 is 17.8 Å². The largest absolute Gasteiger partial charge is 0.391 e. The van der Waals surface area contributed by atoms with Crippen molar-refractivity contribution in [3.8, 4) is 0 Å². The van der Waals surface area contributed by atoms with Crippen molar-refractivity contribution in [1.82, 2.24) is 36.1 Å². The van der Waals surface area contributed by atoms with E-state index >= 15 is 0 Å². The number of amides is 4. The number of ether oxygens (including phenoxy) is 1. The molecule has 4 atom stereocenters. The van der Waals surface area contributed by atoms with Crippen molar-refractivity contribution in [2.45, 2.75) is 120 Å². The summed E-state index contributed by atoms with van der Waals surface area (Å²) in [7, 11) is 0. The van der Waals surface area contributed by atoms with Crippen LogP contribution in [0.15, 0.2) is 42.9 Å². The number of hydrogen-bond donors (Lipinski definition) is 7. The van der Waals surface area contributed by atoms with E-state index in [9.17, 15) is 19.5 Å². The molecular weight excluding hydrogens is 636 g/mol. The normalized spacial score (nSPS) is 20.4. The highest BCUT2D eigenvalue weighted by Gasteiger charge is 2.33. The van der Waals surface area contributed by atoms with Gasteiger partial charge in [0.1, 0.15) is 12.1 Å². The van der Waals surface area contributed by atoms with Crippen LogP contribution in [0, 0.1) is 5.92 Å². The summed E-state index contributed by atoms with van der Waals surface area (Å²) >= 11 is 0. The number of H-pyrrole nitrogens is 1. The summed E-state index contributed by atoms with van der Waals surface area (Å²) < 4.78 is 6.10. The fourth-order valence-corrected chi connectivity index (χ4v) is 7.40. The Bertz CT molecular complexity index is 1290. The van der Waals surface area contributed by atoms with E-state index in [1.54, 1.807) is 11.1 Å². The minimum absolute atomic E-state index is 0.0617. The van der Waals surface area contributed by atoms with Crippen molar-refractivity contribution in [3.05, 3.63) is 54.1 Å². The van der Waals surface area contributed by atoms with Gasteiger partial charge < -0.3 is 46.7 Å². The van der Waals surface area contributed by atoms with Crippen LogP contribution in [0.2, 0.25) is 0 Å². The van der Waals surface area contributed by atoms with Gasteiger partial charge in [-0.25, -0.2) is 9.78 Å². The number of urea groups is 1. The molecule has 4 amide bonds. The Hall–Kier alpha value is -3.52. The molecular formula is C37H58N8O5. The zero-order chi connectivity index (χ0) is 35.1. The predicted molar refractivity (Wildman–Crippen MR) is 191 cm³/mol. The number of aromatic amines is 1. The summed E-state index contributed by atoms with van der Waals surface area (Å²) in [6.45, 7) is 3.32. The Morgan fingerprint density at radius 1 is 0.920 bits per heavy atom. The number of benzene rings is 1. The quantitative estimate of drug-likeness (QED) is 0.139. The highest BCUT2D eigenvalue weighted by atomic mass is 16.5. The highest BCUT2D eigenvalue weighted by molar-refractivity contribution is 5.92. The van der Waals surface area contributed by atoms with Gasteiger partial charge in [-0.15, -0.1) is 0 Å². The van der Waals surface area contributed by atoms with Crippen molar-refractivity contribution in [2.24, 2.45) is 11.7 Å². The first-order chi connectivity index (χ1) is 24.3. The van der Waals surface area contributed by atoms with Crippen LogP contribution in [0.5, 0.6) is 0 Å². The lowest BCUT2D eigenvalue weighted by Crippen LogP contribution is -2.59. The van der Waals surface area contributed by atoms with Crippen LogP contribution in [0.1, 0.15) is 81.9 Å². The van der Waals surface area contributed by atoms with Crippen molar-refractivity contribution in [1.29, 1.82) is 0 Å². The van der Waals surface area contributed by atoms with Gasteiger partial charge in [0.25, 0.3) is 0 Å². The van der Waals surface area contributed by atoms with Crippen LogP contribution in [-0.2, 0) is 27.2 Å². The maximum atomic E-state index is 14.1. The molecule has 2 saturated heterocycles. The van der Waals surface area contributed by atoms with Gasteiger partial charge in [0, 0.05) is 50.5 Å². The second-order valence-electron chi connectivity index (χ2n) is 14.4. The first-order valence-electron chi connectivity index (χ1n) is 18.8. The second-order valence-corrected chi connectivity index (χ2v) is 14.4. The predicted octanol–water partition coefficient (Wildman–Crippen LogP) is 2.16. The summed E-state index contributed by atoms with van der Waals surface area (Å²) in [5.41, 5.74) is 7.62. The molecule has 0 unspecified atom stereocenters. The third-order valence-corrected chi connectivity index (χ3v) is 10.5. The van der Waals surface area contributed by atoms with Gasteiger partial charge in [0.15, 0.2) is 0 Å². The Kier molecular flexibility index (Phi) is 14.9. The Labute approximate surface area is 296 Å². The van der Waals surface area contributed by atoms with E-state index in [1.807, 2.05) is 30.3 Å². The van der Waals surface area contributed by atoms with Crippen molar-refractivity contribution in [2.75, 3.05) is 32.8 Å². The molecule has 0 spiro atoms. The zero-order valence-corrected chi connectivity index (χ0v) is 29.4. The maximum absolute atomic E-state index is 14.1. The minimum atomic E-state index is -0.974. The maximum Gasteiger partial charge on any atom is 0.318 e. The number of nitrogens with one attached hydrogen (secondary N) is 5. The molecule has 0 bridgehead atoms. The van der Waals surface area contributed by atoms with Gasteiger partial charge in [-0.1, -0.05) is 62.4 Å². The van der Waals surface area contributed by atoms with E-state index < -0.39 is 30.1 Å². The Morgan fingerprint density at radius 3 is 2.32 bits per heavy atom. The molecule has 1 aromatic carbocycles. The van der Waals surface area contributed by atoms with Gasteiger partial charge in [0.05, 0.1) is 24.6 Å². The number of likely N-dealkylation sites (tertiary alicyclic amines) is 1. The molecule has 5 rings (SSSR count). The highest BCUT2D eigenvalue weighted by Crippen LogP contribution is 2.28. The molecule has 3 aliphatic rings. The molecule has 3 fully saturated rings. The van der Waals surface area contributed by atoms with E-state index in [1.165, 1.54) is 12.7 Å². The summed E-state index contributed by atoms with van der Waals surface area (Å²) in [5.74, 6) is -0.443. The first kappa shape index (κ1) is 37.7. The van der Waals surface area contributed by atoms with Crippen LogP contribution in [0.25, 0.3) is 0 Å². The molecule has 2 aromatic rings. The van der Waals surface area contributed by atoms with E-state index in [0.29, 0.717) is 57.0 Å². The van der Waals surface area contributed by atoms with E-state index in [-0.39, 0.29) is 36.9 Å². The topological polar surface area (TPSA) is 187 Å². The fraction of sp³-hybridized carbons (Fsp3) is 0.676. The summed E-state index contributed by atoms with van der Waals surface area (Å²) in [6.07, 6.45) is 13.0. The number of carbonyl (C=O) groups excluding carboxylic acids is 3. The van der Waals surface area contributed by atoms with E-state index in [4.69, 9.17) is 10.5 Å². The molecule has 276 valence electrons. The number of nitrogens with zero attached hydrogens (tertiary/aromatic N) is 2. The number of piperidine rings is 2. The van der Waals surface area contributed by atoms with Gasteiger partial charge in [-0.3, -0.25) is 9.59 Å². The molecule has 8 N–H and O–H groups in total. The van der Waals surface area contributed by atoms with Crippen molar-refractivity contribution in [3.63, 3.8) is 0 Å². The third kappa shape index (κ3) is 12.1. The molecule has 2 aliphatic heterocycles. The molecule has 1 saturated carbocycles. The molecule has 50 heavy (non-hydrogen) atoms. The minimum Gasteiger partial charge on any atom is -0.391 e. The standard InChI is InChI=1S/C37H58N8O5/c38-28-13-18-45(19-14-28)37(49)44-32(22-27-9-5-2-6-10-27)35(47)43-33(23-29-24-40-25-41-29)36(48)42-31(21-26-7-3-1-4-8-26)34(46)15-20-50-30-11-16-39-17-12-30/h2,5-6,9-10,24-26,28,30-34,39,46H,1,3-4,7-8,11-23,38H2,(H,40,41)(H,42,48)(H,43,47)(H,44,49)/t31-,32-,33-,34-/m0/s1. The number of carbonyl (C=O) groups is 3. The Morgan fingerprint density at radius 2 is 1.62 bits per heavy atom. The lowest BCUT2D eigenvalue weighted by Gasteiger charge is -2.33. The number of aliphatic hydroxyl groups excluding tert-OH is 1. The third-order valence-electron chi connectivity index (χ3n) is 10.5. The summed E-state index contributed by atoms with van der Waals surface area (Å²) in [6, 6.07) is 6.84. The summed E-state index contributed by atoms with van der Waals surface area (Å²) in [4.78, 5) is 50.4. The number of rotatable bonds is 16. The van der Waals surface area contributed by atoms with Gasteiger partial charge in [-0.2, -0.15) is 0 Å². The first-order valence-corrected chi connectivity index (χ1v) is 18.8. The number of aromatic nitrogens is 2. The average Bonchev–Trinajstić information content (AvgIpc) is 3.65. The fourth-order valence-electron chi connectivity index (χ4n) is 7.40. The molecule has 0 radical (unpaired) electrons. The number of hydrogen-bond acceptors (Lipinski definition) is 8. The van der Waals surface area contributed by atoms with Gasteiger partial charge in [0.2, 0.25) is 11.8 Å². The molecule has 13 heteroatoms. The van der Waals surface area contributed by atoms with Crippen LogP contribution in [-0.4, -0.2) is 107 Å². The number of imidazole rings is 1. The van der Waals surface area contributed by atoms with E-state index in [2.05, 4.69) is 31.2 Å². The monoisotopic (exact) mass is 694 g/mol. The smallest absolute Gasteiger partial charge is 0.318 e. The SMILES string of the molecule is NC1CCN(C(=O)N[C@@H](Cc2ccccc2)C(=O)N[C@@H](Cc2cnc[nH]2)C(=O)N[C@@H](CC2CCCCC2)[C@@H](O)CCOC2CCNCC2)CC1. The second kappa shape index (κ2) is 19.8. The average molecular weight is 695 g/mol. The zero-order valence-electron chi connectivity index (χ0n) is 29.4. The van der Waals surface area contributed by atoms with Crippen LogP contribution in [0.3, 0.4) is 0 Å². The molecule has 13 nitrogen and oxygen atoms in total.